The Labute approximate surface area is 121 Å². The van der Waals surface area contributed by atoms with Gasteiger partial charge in [0.2, 0.25) is 0 Å². The zero-order valence-corrected chi connectivity index (χ0v) is 11.4. The Bertz CT molecular complexity index is 790. The summed E-state index contributed by atoms with van der Waals surface area (Å²) in [6, 6.07) is 17.4. The van der Waals surface area contributed by atoms with Crippen molar-refractivity contribution in [1.29, 1.82) is 0 Å². The Morgan fingerprint density at radius 1 is 1.00 bits per heavy atom. The van der Waals surface area contributed by atoms with Gasteiger partial charge in [0.1, 0.15) is 5.69 Å². The van der Waals surface area contributed by atoms with Crippen molar-refractivity contribution in [3.05, 3.63) is 60.3 Å². The van der Waals surface area contributed by atoms with Gasteiger partial charge in [-0.05, 0) is 29.3 Å². The quantitative estimate of drug-likeness (QED) is 0.772. The van der Waals surface area contributed by atoms with E-state index in [1.807, 2.05) is 48.5 Å². The summed E-state index contributed by atoms with van der Waals surface area (Å²) in [4.78, 5) is 11.3. The molecule has 3 aromatic rings. The summed E-state index contributed by atoms with van der Waals surface area (Å²) in [5.74, 6) is -0.985. The van der Waals surface area contributed by atoms with E-state index in [1.165, 1.54) is 0 Å². The zero-order chi connectivity index (χ0) is 14.8. The van der Waals surface area contributed by atoms with Gasteiger partial charge in [-0.2, -0.15) is 0 Å². The Morgan fingerprint density at radius 2 is 1.76 bits per heavy atom. The van der Waals surface area contributed by atoms with E-state index in [1.54, 1.807) is 10.6 Å². The first-order valence-electron chi connectivity index (χ1n) is 6.73. The monoisotopic (exact) mass is 281 g/mol. The highest BCUT2D eigenvalue weighted by Gasteiger charge is 2.14. The van der Waals surface area contributed by atoms with Gasteiger partial charge in [0.15, 0.2) is 0 Å². The number of aromatic nitrogens is 1. The molecule has 2 aromatic carbocycles. The first-order chi connectivity index (χ1) is 10.2. The summed E-state index contributed by atoms with van der Waals surface area (Å²) < 4.78 is 1.63. The molecule has 4 nitrogen and oxygen atoms in total. The van der Waals surface area contributed by atoms with E-state index in [0.717, 1.165) is 22.0 Å². The van der Waals surface area contributed by atoms with E-state index < -0.39 is 5.97 Å². The lowest BCUT2D eigenvalue weighted by atomic mass is 10.0. The Balaban J connectivity index is 2.17. The number of fused-ring (bicyclic) bond motifs is 1. The SMILES string of the molecule is O=C(O)c1cc2cc(-c3ccccc3)ccc2n1CCO. The number of rotatable bonds is 4. The first kappa shape index (κ1) is 13.4. The van der Waals surface area contributed by atoms with E-state index in [9.17, 15) is 9.90 Å². The van der Waals surface area contributed by atoms with E-state index in [2.05, 4.69) is 0 Å². The number of aliphatic hydroxyl groups is 1. The maximum Gasteiger partial charge on any atom is 0.352 e. The van der Waals surface area contributed by atoms with Crippen molar-refractivity contribution in [2.75, 3.05) is 6.61 Å². The van der Waals surface area contributed by atoms with Crippen molar-refractivity contribution in [3.8, 4) is 11.1 Å². The number of hydrogen-bond acceptors (Lipinski definition) is 2. The van der Waals surface area contributed by atoms with Crippen LogP contribution in [0.15, 0.2) is 54.6 Å². The van der Waals surface area contributed by atoms with Crippen molar-refractivity contribution in [3.63, 3.8) is 0 Å². The molecule has 0 atom stereocenters. The average molecular weight is 281 g/mol. The van der Waals surface area contributed by atoms with Crippen LogP contribution >= 0.6 is 0 Å². The molecule has 4 heteroatoms. The van der Waals surface area contributed by atoms with Gasteiger partial charge in [0, 0.05) is 17.4 Å². The van der Waals surface area contributed by atoms with Crippen molar-refractivity contribution >= 4 is 16.9 Å². The van der Waals surface area contributed by atoms with Crippen molar-refractivity contribution in [2.45, 2.75) is 6.54 Å². The molecule has 0 saturated carbocycles. The minimum Gasteiger partial charge on any atom is -0.477 e. The molecule has 21 heavy (non-hydrogen) atoms. The molecule has 0 bridgehead atoms. The average Bonchev–Trinajstić information content (AvgIpc) is 2.87. The van der Waals surface area contributed by atoms with Gasteiger partial charge < -0.3 is 14.8 Å². The van der Waals surface area contributed by atoms with E-state index in [4.69, 9.17) is 5.11 Å². The Hall–Kier alpha value is -2.59. The molecule has 0 fully saturated rings. The summed E-state index contributed by atoms with van der Waals surface area (Å²) in [6.45, 7) is 0.181. The third-order valence-electron chi connectivity index (χ3n) is 3.55. The summed E-state index contributed by atoms with van der Waals surface area (Å²) in [6.07, 6.45) is 0. The highest BCUT2D eigenvalue weighted by molar-refractivity contribution is 5.96. The number of nitrogens with zero attached hydrogens (tertiary/aromatic N) is 1. The Kier molecular flexibility index (Phi) is 3.46. The lowest BCUT2D eigenvalue weighted by molar-refractivity contribution is 0.0684. The molecule has 106 valence electrons. The minimum absolute atomic E-state index is 0.0928. The standard InChI is InChI=1S/C17H15NO3/c19-9-8-18-15-7-6-13(12-4-2-1-3-5-12)10-14(15)11-16(18)17(20)21/h1-7,10-11,19H,8-9H2,(H,20,21). The van der Waals surface area contributed by atoms with Crippen molar-refractivity contribution in [2.24, 2.45) is 0 Å². The topological polar surface area (TPSA) is 62.5 Å². The Morgan fingerprint density at radius 3 is 2.43 bits per heavy atom. The fourth-order valence-electron chi connectivity index (χ4n) is 2.60. The molecule has 0 aliphatic carbocycles. The van der Waals surface area contributed by atoms with Crippen LogP contribution in [0.5, 0.6) is 0 Å². The number of aliphatic hydroxyl groups excluding tert-OH is 1. The number of carboxylic acid groups (broad SMARTS) is 1. The predicted molar refractivity (Wildman–Crippen MR) is 81.4 cm³/mol. The highest BCUT2D eigenvalue weighted by Crippen LogP contribution is 2.27. The molecule has 0 spiro atoms. The number of aromatic carboxylic acids is 1. The predicted octanol–water partition coefficient (Wildman–Crippen LogP) is 3.00. The summed E-state index contributed by atoms with van der Waals surface area (Å²) in [7, 11) is 0. The largest absolute Gasteiger partial charge is 0.477 e. The third kappa shape index (κ3) is 2.41. The van der Waals surface area contributed by atoms with Gasteiger partial charge in [-0.1, -0.05) is 36.4 Å². The van der Waals surface area contributed by atoms with Crippen LogP contribution in [0.1, 0.15) is 10.5 Å². The van der Waals surface area contributed by atoms with Crippen LogP contribution in [0.4, 0.5) is 0 Å². The molecular formula is C17H15NO3. The number of carbonyl (C=O) groups is 1. The summed E-state index contributed by atoms with van der Waals surface area (Å²) in [5.41, 5.74) is 3.15. The molecule has 1 aromatic heterocycles. The second kappa shape index (κ2) is 5.42. The number of benzene rings is 2. The molecule has 0 aliphatic rings. The minimum atomic E-state index is -0.985. The smallest absolute Gasteiger partial charge is 0.352 e. The second-order valence-electron chi connectivity index (χ2n) is 4.85. The van der Waals surface area contributed by atoms with Crippen molar-refractivity contribution in [1.82, 2.24) is 4.57 Å². The van der Waals surface area contributed by atoms with Crippen LogP contribution in [0, 0.1) is 0 Å². The number of hydrogen-bond donors (Lipinski definition) is 2. The molecule has 0 aliphatic heterocycles. The van der Waals surface area contributed by atoms with Gasteiger partial charge in [-0.25, -0.2) is 4.79 Å². The van der Waals surface area contributed by atoms with E-state index in [0.29, 0.717) is 0 Å². The van der Waals surface area contributed by atoms with Crippen LogP contribution < -0.4 is 0 Å². The molecule has 0 unspecified atom stereocenters. The van der Waals surface area contributed by atoms with Crippen LogP contribution in [-0.4, -0.2) is 27.4 Å². The number of carboxylic acids is 1. The normalized spacial score (nSPS) is 10.9. The summed E-state index contributed by atoms with van der Waals surface area (Å²) >= 11 is 0. The third-order valence-corrected chi connectivity index (χ3v) is 3.55. The van der Waals surface area contributed by atoms with Gasteiger partial charge >= 0.3 is 5.97 Å². The lowest BCUT2D eigenvalue weighted by Gasteiger charge is -2.06. The fraction of sp³-hybridized carbons (Fsp3) is 0.118. The van der Waals surface area contributed by atoms with Crippen LogP contribution in [0.25, 0.3) is 22.0 Å². The maximum absolute atomic E-state index is 11.3. The van der Waals surface area contributed by atoms with Gasteiger partial charge in [0.25, 0.3) is 0 Å². The summed E-state index contributed by atoms with van der Waals surface area (Å²) in [5, 5.41) is 19.3. The highest BCUT2D eigenvalue weighted by atomic mass is 16.4. The molecular weight excluding hydrogens is 266 g/mol. The molecule has 0 amide bonds. The van der Waals surface area contributed by atoms with Crippen LogP contribution in [0.3, 0.4) is 0 Å². The van der Waals surface area contributed by atoms with Crippen LogP contribution in [0.2, 0.25) is 0 Å². The molecule has 1 heterocycles. The van der Waals surface area contributed by atoms with Crippen LogP contribution in [-0.2, 0) is 6.54 Å². The molecule has 3 rings (SSSR count). The maximum atomic E-state index is 11.3. The van der Waals surface area contributed by atoms with Gasteiger partial charge in [-0.3, -0.25) is 0 Å². The molecule has 2 N–H and O–H groups in total. The lowest BCUT2D eigenvalue weighted by Crippen LogP contribution is -2.10. The van der Waals surface area contributed by atoms with Crippen molar-refractivity contribution < 1.29 is 15.0 Å². The zero-order valence-electron chi connectivity index (χ0n) is 11.4. The van der Waals surface area contributed by atoms with E-state index in [-0.39, 0.29) is 18.8 Å². The first-order valence-corrected chi connectivity index (χ1v) is 6.73. The second-order valence-corrected chi connectivity index (χ2v) is 4.85. The van der Waals surface area contributed by atoms with Gasteiger partial charge in [0.05, 0.1) is 6.61 Å². The van der Waals surface area contributed by atoms with Gasteiger partial charge in [-0.15, -0.1) is 0 Å². The fourth-order valence-corrected chi connectivity index (χ4v) is 2.60. The molecule has 0 radical (unpaired) electrons. The van der Waals surface area contributed by atoms with E-state index >= 15 is 0 Å². The molecule has 0 saturated heterocycles.